The topological polar surface area (TPSA) is 109 Å². The number of hydrogen-bond donors (Lipinski definition) is 3. The zero-order chi connectivity index (χ0) is 19.2. The minimum atomic E-state index is -0.434. The van der Waals surface area contributed by atoms with Crippen molar-refractivity contribution in [1.82, 2.24) is 15.6 Å². The lowest BCUT2D eigenvalue weighted by Crippen LogP contribution is -2.17. The highest BCUT2D eigenvalue weighted by molar-refractivity contribution is 5.94. The average molecular weight is 366 g/mol. The minimum absolute atomic E-state index is 0.162. The van der Waals surface area contributed by atoms with Crippen LogP contribution in [0.5, 0.6) is 17.2 Å². The lowest BCUT2D eigenvalue weighted by molar-refractivity contribution is 0.0950. The van der Waals surface area contributed by atoms with Crippen molar-refractivity contribution < 1.29 is 19.4 Å². The molecule has 1 aromatic heterocycles. The maximum atomic E-state index is 12.2. The maximum Gasteiger partial charge on any atom is 0.289 e. The van der Waals surface area contributed by atoms with E-state index in [1.165, 1.54) is 18.3 Å². The second-order valence-electron chi connectivity index (χ2n) is 5.52. The van der Waals surface area contributed by atoms with Gasteiger partial charge in [0, 0.05) is 11.6 Å². The van der Waals surface area contributed by atoms with Crippen molar-refractivity contribution in [3.05, 3.63) is 59.8 Å². The summed E-state index contributed by atoms with van der Waals surface area (Å²) < 4.78 is 10.5. The summed E-state index contributed by atoms with van der Waals surface area (Å²) in [6.07, 6.45) is 1.47. The molecule has 0 aliphatic carbocycles. The molecule has 3 N–H and O–H groups in total. The van der Waals surface area contributed by atoms with Crippen molar-refractivity contribution >= 4 is 12.1 Å². The van der Waals surface area contributed by atoms with E-state index in [1.54, 1.807) is 50.6 Å². The molecule has 0 fully saturated rings. The van der Waals surface area contributed by atoms with E-state index in [4.69, 9.17) is 9.47 Å². The number of methoxy groups -OCH3 is 2. The Labute approximate surface area is 155 Å². The summed E-state index contributed by atoms with van der Waals surface area (Å²) in [5.41, 5.74) is 4.69. The highest BCUT2D eigenvalue weighted by Crippen LogP contribution is 2.32. The lowest BCUT2D eigenvalue weighted by atomic mass is 10.1. The predicted molar refractivity (Wildman–Crippen MR) is 100 cm³/mol. The molecule has 0 spiro atoms. The summed E-state index contributed by atoms with van der Waals surface area (Å²) in [5.74, 6) is 0.970. The number of amides is 1. The third-order valence-corrected chi connectivity index (χ3v) is 3.78. The molecule has 3 aromatic rings. The third kappa shape index (κ3) is 4.24. The number of aromatic amines is 1. The Hall–Kier alpha value is -3.81. The van der Waals surface area contributed by atoms with Crippen LogP contribution >= 0.6 is 0 Å². The largest absolute Gasteiger partial charge is 0.508 e. The Morgan fingerprint density at radius 3 is 2.63 bits per heavy atom. The lowest BCUT2D eigenvalue weighted by Gasteiger charge is -2.08. The first kappa shape index (κ1) is 18.0. The van der Waals surface area contributed by atoms with Crippen LogP contribution in [0.2, 0.25) is 0 Å². The number of nitrogens with one attached hydrogen (secondary N) is 2. The smallest absolute Gasteiger partial charge is 0.289 e. The van der Waals surface area contributed by atoms with Crippen LogP contribution in [0, 0.1) is 0 Å². The highest BCUT2D eigenvalue weighted by atomic mass is 16.5. The fourth-order valence-corrected chi connectivity index (χ4v) is 2.37. The van der Waals surface area contributed by atoms with E-state index in [0.717, 1.165) is 11.1 Å². The fourth-order valence-electron chi connectivity index (χ4n) is 2.37. The number of benzene rings is 2. The predicted octanol–water partition coefficient (Wildman–Crippen LogP) is 2.56. The van der Waals surface area contributed by atoms with Gasteiger partial charge < -0.3 is 14.6 Å². The summed E-state index contributed by atoms with van der Waals surface area (Å²) in [6, 6.07) is 13.4. The molecule has 1 heterocycles. The van der Waals surface area contributed by atoms with Gasteiger partial charge in [0.1, 0.15) is 22.9 Å². The van der Waals surface area contributed by atoms with Gasteiger partial charge in [0.25, 0.3) is 5.91 Å². The molecule has 0 aliphatic rings. The number of carbonyl (C=O) groups is 1. The molecule has 1 amide bonds. The number of carbonyl (C=O) groups excluding carboxylic acids is 1. The molecule has 8 heteroatoms. The van der Waals surface area contributed by atoms with Crippen molar-refractivity contribution in [3.63, 3.8) is 0 Å². The summed E-state index contributed by atoms with van der Waals surface area (Å²) in [5, 5.41) is 20.0. The molecular weight excluding hydrogens is 348 g/mol. The van der Waals surface area contributed by atoms with E-state index < -0.39 is 5.91 Å². The zero-order valence-corrected chi connectivity index (χ0v) is 14.8. The van der Waals surface area contributed by atoms with Crippen LogP contribution in [0.15, 0.2) is 53.6 Å². The number of H-pyrrole nitrogens is 1. The van der Waals surface area contributed by atoms with Gasteiger partial charge in [-0.3, -0.25) is 9.89 Å². The van der Waals surface area contributed by atoms with Gasteiger partial charge >= 0.3 is 0 Å². The van der Waals surface area contributed by atoms with Gasteiger partial charge in [-0.05, 0) is 48.0 Å². The van der Waals surface area contributed by atoms with E-state index in [0.29, 0.717) is 17.2 Å². The number of ether oxygens (including phenoxy) is 2. The number of phenolic OH excluding ortho intramolecular Hbond substituents is 1. The molecular formula is C19H18N4O4. The molecule has 0 aliphatic heterocycles. The maximum absolute atomic E-state index is 12.2. The van der Waals surface area contributed by atoms with Gasteiger partial charge in [-0.1, -0.05) is 0 Å². The molecule has 0 saturated heterocycles. The zero-order valence-electron chi connectivity index (χ0n) is 14.8. The molecule has 0 saturated carbocycles. The average Bonchev–Trinajstić information content (AvgIpc) is 3.19. The van der Waals surface area contributed by atoms with Crippen molar-refractivity contribution in [2.24, 2.45) is 5.10 Å². The number of aromatic nitrogens is 2. The van der Waals surface area contributed by atoms with Crippen LogP contribution in [-0.4, -0.2) is 41.6 Å². The number of rotatable bonds is 6. The standard InChI is InChI=1S/C19H18N4O4/c1-26-14-7-8-15(18(9-14)27-2)16-10-17(22-21-16)19(25)23-20-11-12-3-5-13(24)6-4-12/h3-11,24H,1-2H3,(H,21,22)(H,23,25). The molecule has 0 radical (unpaired) electrons. The van der Waals surface area contributed by atoms with E-state index in [1.807, 2.05) is 0 Å². The first-order valence-electron chi connectivity index (χ1n) is 8.01. The van der Waals surface area contributed by atoms with Crippen LogP contribution in [-0.2, 0) is 0 Å². The first-order valence-corrected chi connectivity index (χ1v) is 8.01. The second-order valence-corrected chi connectivity index (χ2v) is 5.52. The second kappa shape index (κ2) is 8.05. The molecule has 138 valence electrons. The Kier molecular flexibility index (Phi) is 5.36. The molecule has 27 heavy (non-hydrogen) atoms. The van der Waals surface area contributed by atoms with E-state index in [2.05, 4.69) is 20.7 Å². The van der Waals surface area contributed by atoms with Crippen molar-refractivity contribution in [2.75, 3.05) is 14.2 Å². The molecule has 3 rings (SSSR count). The third-order valence-electron chi connectivity index (χ3n) is 3.78. The van der Waals surface area contributed by atoms with Crippen LogP contribution in [0.4, 0.5) is 0 Å². The summed E-state index contributed by atoms with van der Waals surface area (Å²) in [4.78, 5) is 12.2. The van der Waals surface area contributed by atoms with Crippen LogP contribution in [0.25, 0.3) is 11.3 Å². The number of hydrogen-bond acceptors (Lipinski definition) is 6. The van der Waals surface area contributed by atoms with Crippen molar-refractivity contribution in [1.29, 1.82) is 0 Å². The number of hydrazone groups is 1. The summed E-state index contributed by atoms with van der Waals surface area (Å²) in [6.45, 7) is 0. The molecule has 0 atom stereocenters. The molecule has 8 nitrogen and oxygen atoms in total. The summed E-state index contributed by atoms with van der Waals surface area (Å²) in [7, 11) is 3.13. The summed E-state index contributed by atoms with van der Waals surface area (Å²) >= 11 is 0. The molecule has 2 aromatic carbocycles. The number of aromatic hydroxyl groups is 1. The van der Waals surface area contributed by atoms with Crippen LogP contribution < -0.4 is 14.9 Å². The van der Waals surface area contributed by atoms with E-state index >= 15 is 0 Å². The van der Waals surface area contributed by atoms with Crippen LogP contribution in [0.1, 0.15) is 16.1 Å². The Morgan fingerprint density at radius 1 is 1.15 bits per heavy atom. The normalized spacial score (nSPS) is 10.7. The van der Waals surface area contributed by atoms with Gasteiger partial charge in [-0.15, -0.1) is 0 Å². The first-order chi connectivity index (χ1) is 13.1. The van der Waals surface area contributed by atoms with E-state index in [9.17, 15) is 9.90 Å². The Morgan fingerprint density at radius 2 is 1.93 bits per heavy atom. The van der Waals surface area contributed by atoms with Gasteiger partial charge in [0.05, 0.1) is 26.1 Å². The monoisotopic (exact) mass is 366 g/mol. The SMILES string of the molecule is COc1ccc(-c2cc(C(=O)NN=Cc3ccc(O)cc3)[nH]n2)c(OC)c1. The number of nitrogens with zero attached hydrogens (tertiary/aromatic N) is 2. The highest BCUT2D eigenvalue weighted by Gasteiger charge is 2.14. The quantitative estimate of drug-likeness (QED) is 0.459. The van der Waals surface area contributed by atoms with Gasteiger partial charge in [0.15, 0.2) is 0 Å². The number of phenols is 1. The Balaban J connectivity index is 1.71. The molecule has 0 unspecified atom stereocenters. The van der Waals surface area contributed by atoms with Crippen LogP contribution in [0.3, 0.4) is 0 Å². The van der Waals surface area contributed by atoms with Gasteiger partial charge in [-0.25, -0.2) is 5.43 Å². The Bertz CT molecular complexity index is 964. The minimum Gasteiger partial charge on any atom is -0.508 e. The fraction of sp³-hybridized carbons (Fsp3) is 0.105. The van der Waals surface area contributed by atoms with E-state index in [-0.39, 0.29) is 11.4 Å². The van der Waals surface area contributed by atoms with Crippen molar-refractivity contribution in [2.45, 2.75) is 0 Å². The van der Waals surface area contributed by atoms with Gasteiger partial charge in [0.2, 0.25) is 0 Å². The van der Waals surface area contributed by atoms with Gasteiger partial charge in [-0.2, -0.15) is 10.2 Å². The van der Waals surface area contributed by atoms with Crippen molar-refractivity contribution in [3.8, 4) is 28.5 Å². The molecule has 0 bridgehead atoms.